The predicted molar refractivity (Wildman–Crippen MR) is 123 cm³/mol. The number of hydrogen-bond acceptors (Lipinski definition) is 6. The third-order valence-electron chi connectivity index (χ3n) is 5.43. The van der Waals surface area contributed by atoms with Crippen LogP contribution in [-0.2, 0) is 9.59 Å². The van der Waals surface area contributed by atoms with Gasteiger partial charge < -0.3 is 14.8 Å². The van der Waals surface area contributed by atoms with Crippen LogP contribution in [0.5, 0.6) is 5.75 Å². The average Bonchev–Trinajstić information content (AvgIpc) is 3.37. The number of para-hydroxylation sites is 2. The second kappa shape index (κ2) is 8.07. The van der Waals surface area contributed by atoms with E-state index in [2.05, 4.69) is 15.0 Å². The molecule has 2 aromatic heterocycles. The van der Waals surface area contributed by atoms with Gasteiger partial charge in [-0.15, -0.1) is 0 Å². The number of aromatic nitrogens is 3. The number of hydrogen-bond donors (Lipinski definition) is 2. The molecule has 9 heteroatoms. The summed E-state index contributed by atoms with van der Waals surface area (Å²) in [6, 6.07) is 16.0. The highest BCUT2D eigenvalue weighted by atomic mass is 35.5. The number of imidazole rings is 1. The van der Waals surface area contributed by atoms with Gasteiger partial charge in [0.2, 0.25) is 5.95 Å². The molecule has 2 N–H and O–H groups in total. The summed E-state index contributed by atoms with van der Waals surface area (Å²) in [5, 5.41) is 11.6. The largest absolute Gasteiger partial charge is 0.507 e. The predicted octanol–water partition coefficient (Wildman–Crippen LogP) is 4.25. The first-order valence-electron chi connectivity index (χ1n) is 10.00. The molecule has 1 saturated heterocycles. The zero-order chi connectivity index (χ0) is 23.1. The van der Waals surface area contributed by atoms with E-state index in [0.29, 0.717) is 27.5 Å². The molecule has 5 rings (SSSR count). The lowest BCUT2D eigenvalue weighted by Gasteiger charge is -2.22. The molecule has 1 amide bonds. The van der Waals surface area contributed by atoms with Crippen LogP contribution >= 0.6 is 11.6 Å². The molecule has 164 valence electrons. The molecule has 2 aromatic carbocycles. The molecule has 0 saturated carbocycles. The number of pyridine rings is 1. The summed E-state index contributed by atoms with van der Waals surface area (Å²) in [6.07, 6.45) is 1.55. The summed E-state index contributed by atoms with van der Waals surface area (Å²) in [5.41, 5.74) is 1.77. The number of carbonyl (C=O) groups is 2. The van der Waals surface area contributed by atoms with Gasteiger partial charge in [-0.05, 0) is 42.5 Å². The van der Waals surface area contributed by atoms with Crippen molar-refractivity contribution in [2.75, 3.05) is 12.0 Å². The molecule has 0 bridgehead atoms. The highest BCUT2D eigenvalue weighted by molar-refractivity contribution is 6.51. The molecule has 4 aromatic rings. The number of methoxy groups -OCH3 is 1. The van der Waals surface area contributed by atoms with Crippen LogP contribution in [-0.4, -0.2) is 38.9 Å². The van der Waals surface area contributed by atoms with E-state index in [9.17, 15) is 14.7 Å². The van der Waals surface area contributed by atoms with E-state index < -0.39 is 23.5 Å². The molecule has 1 unspecified atom stereocenters. The Morgan fingerprint density at radius 1 is 1.12 bits per heavy atom. The smallest absolute Gasteiger partial charge is 0.302 e. The van der Waals surface area contributed by atoms with Gasteiger partial charge in [-0.1, -0.05) is 29.8 Å². The van der Waals surface area contributed by atoms with Gasteiger partial charge in [0, 0.05) is 11.2 Å². The monoisotopic (exact) mass is 460 g/mol. The number of ketones is 1. The molecule has 1 atom stereocenters. The van der Waals surface area contributed by atoms with E-state index in [-0.39, 0.29) is 17.1 Å². The highest BCUT2D eigenvalue weighted by Crippen LogP contribution is 2.42. The standard InChI is InChI=1S/C24H17ClN4O4/c1-33-18-10-9-13(25)12-14(18)21(30)19-20(17-8-4-5-11-26-17)29(23(32)22(19)31)24-27-15-6-2-3-7-16(15)28-24/h2-12,20,30H,1H3,(H,27,28)/b21-19+. The minimum Gasteiger partial charge on any atom is -0.507 e. The van der Waals surface area contributed by atoms with Crippen LogP contribution in [0, 0.1) is 0 Å². The van der Waals surface area contributed by atoms with E-state index >= 15 is 0 Å². The fraction of sp³-hybridized carbons (Fsp3) is 0.0833. The Hall–Kier alpha value is -4.17. The van der Waals surface area contributed by atoms with Gasteiger partial charge in [-0.3, -0.25) is 19.5 Å². The maximum atomic E-state index is 13.2. The summed E-state index contributed by atoms with van der Waals surface area (Å²) >= 11 is 6.13. The van der Waals surface area contributed by atoms with Crippen molar-refractivity contribution in [3.05, 3.63) is 88.7 Å². The number of Topliss-reactive ketones (excluding diaryl/α,β-unsaturated/α-hetero) is 1. The summed E-state index contributed by atoms with van der Waals surface area (Å²) in [6.45, 7) is 0. The quantitative estimate of drug-likeness (QED) is 0.268. The Bertz CT molecular complexity index is 1400. The van der Waals surface area contributed by atoms with Crippen LogP contribution in [0.1, 0.15) is 17.3 Å². The number of carbonyl (C=O) groups excluding carboxylic acids is 2. The zero-order valence-electron chi connectivity index (χ0n) is 17.3. The molecule has 1 aliphatic heterocycles. The Balaban J connectivity index is 1.76. The van der Waals surface area contributed by atoms with Crippen molar-refractivity contribution < 1.29 is 19.4 Å². The number of anilines is 1. The van der Waals surface area contributed by atoms with Crippen LogP contribution in [0.2, 0.25) is 5.02 Å². The Labute approximate surface area is 193 Å². The lowest BCUT2D eigenvalue weighted by molar-refractivity contribution is -0.132. The Kier molecular flexibility index (Phi) is 5.07. The van der Waals surface area contributed by atoms with E-state index in [4.69, 9.17) is 16.3 Å². The maximum absolute atomic E-state index is 13.2. The molecule has 33 heavy (non-hydrogen) atoms. The minimum absolute atomic E-state index is 0.139. The summed E-state index contributed by atoms with van der Waals surface area (Å²) in [7, 11) is 1.43. The molecule has 0 radical (unpaired) electrons. The number of H-pyrrole nitrogens is 1. The zero-order valence-corrected chi connectivity index (χ0v) is 18.1. The molecular weight excluding hydrogens is 444 g/mol. The lowest BCUT2D eigenvalue weighted by atomic mass is 9.98. The number of rotatable bonds is 4. The van der Waals surface area contributed by atoms with E-state index in [1.54, 1.807) is 42.6 Å². The second-order valence-electron chi connectivity index (χ2n) is 7.35. The van der Waals surface area contributed by atoms with Crippen LogP contribution in [0.4, 0.5) is 5.95 Å². The van der Waals surface area contributed by atoms with Crippen molar-refractivity contribution in [2.45, 2.75) is 6.04 Å². The number of aromatic amines is 1. The Morgan fingerprint density at radius 3 is 2.64 bits per heavy atom. The van der Waals surface area contributed by atoms with E-state index in [0.717, 1.165) is 0 Å². The molecule has 0 aliphatic carbocycles. The fourth-order valence-electron chi connectivity index (χ4n) is 3.93. The lowest BCUT2D eigenvalue weighted by Crippen LogP contribution is -2.30. The number of aliphatic hydroxyl groups is 1. The third-order valence-corrected chi connectivity index (χ3v) is 5.67. The summed E-state index contributed by atoms with van der Waals surface area (Å²) in [5.74, 6) is -1.66. The fourth-order valence-corrected chi connectivity index (χ4v) is 4.10. The number of nitrogens with zero attached hydrogens (tertiary/aromatic N) is 3. The number of amides is 1. The second-order valence-corrected chi connectivity index (χ2v) is 7.78. The van der Waals surface area contributed by atoms with Gasteiger partial charge in [0.15, 0.2) is 0 Å². The SMILES string of the molecule is COc1ccc(Cl)cc1/C(O)=C1\C(=O)C(=O)N(c2nc3ccccc3[nH]2)C1c1ccccn1. The van der Waals surface area contributed by atoms with Gasteiger partial charge in [0.1, 0.15) is 17.6 Å². The van der Waals surface area contributed by atoms with Crippen molar-refractivity contribution in [1.82, 2.24) is 15.0 Å². The molecule has 1 aliphatic rings. The number of halogens is 1. The Morgan fingerprint density at radius 2 is 1.91 bits per heavy atom. The highest BCUT2D eigenvalue weighted by Gasteiger charge is 2.49. The molecule has 8 nitrogen and oxygen atoms in total. The van der Waals surface area contributed by atoms with E-state index in [1.165, 1.54) is 18.1 Å². The van der Waals surface area contributed by atoms with Crippen molar-refractivity contribution in [1.29, 1.82) is 0 Å². The van der Waals surface area contributed by atoms with Gasteiger partial charge in [-0.25, -0.2) is 4.98 Å². The number of benzene rings is 2. The van der Waals surface area contributed by atoms with Gasteiger partial charge in [-0.2, -0.15) is 0 Å². The minimum atomic E-state index is -1.02. The first-order chi connectivity index (χ1) is 16.0. The van der Waals surface area contributed by atoms with Crippen LogP contribution < -0.4 is 9.64 Å². The first-order valence-corrected chi connectivity index (χ1v) is 10.4. The van der Waals surface area contributed by atoms with Crippen LogP contribution in [0.25, 0.3) is 16.8 Å². The summed E-state index contributed by atoms with van der Waals surface area (Å²) < 4.78 is 5.34. The first kappa shape index (κ1) is 20.7. The van der Waals surface area contributed by atoms with Gasteiger partial charge in [0.25, 0.3) is 5.78 Å². The number of nitrogens with one attached hydrogen (secondary N) is 1. The third kappa shape index (κ3) is 3.41. The topological polar surface area (TPSA) is 108 Å². The normalized spacial score (nSPS) is 17.6. The van der Waals surface area contributed by atoms with Crippen molar-refractivity contribution in [2.24, 2.45) is 0 Å². The number of aliphatic hydroxyl groups excluding tert-OH is 1. The van der Waals surface area contributed by atoms with Crippen molar-refractivity contribution in [3.63, 3.8) is 0 Å². The van der Waals surface area contributed by atoms with E-state index in [1.807, 2.05) is 18.2 Å². The van der Waals surface area contributed by atoms with Gasteiger partial charge in [0.05, 0.1) is 35.0 Å². The molecule has 0 spiro atoms. The average molecular weight is 461 g/mol. The van der Waals surface area contributed by atoms with Crippen molar-refractivity contribution in [3.8, 4) is 5.75 Å². The molecular formula is C24H17ClN4O4. The van der Waals surface area contributed by atoms with Gasteiger partial charge >= 0.3 is 5.91 Å². The van der Waals surface area contributed by atoms with Crippen LogP contribution in [0.3, 0.4) is 0 Å². The maximum Gasteiger partial charge on any atom is 0.302 e. The summed E-state index contributed by atoms with van der Waals surface area (Å²) in [4.78, 5) is 39.6. The number of fused-ring (bicyclic) bond motifs is 1. The number of ether oxygens (including phenoxy) is 1. The van der Waals surface area contributed by atoms with Crippen LogP contribution in [0.15, 0.2) is 72.4 Å². The molecule has 1 fully saturated rings. The molecule has 3 heterocycles. The van der Waals surface area contributed by atoms with Crippen molar-refractivity contribution >= 4 is 46.0 Å².